The first kappa shape index (κ1) is 14.5. The van der Waals surface area contributed by atoms with Gasteiger partial charge in [-0.3, -0.25) is 0 Å². The van der Waals surface area contributed by atoms with Gasteiger partial charge in [0.05, 0.1) is 12.1 Å². The first-order chi connectivity index (χ1) is 10.4. The molecule has 1 aliphatic carbocycles. The highest BCUT2D eigenvalue weighted by atomic mass is 16.5. The second-order valence-electron chi connectivity index (χ2n) is 5.99. The van der Waals surface area contributed by atoms with Crippen LogP contribution in [-0.2, 0) is 6.54 Å². The summed E-state index contributed by atoms with van der Waals surface area (Å²) in [5.74, 6) is 1.91. The lowest BCUT2D eigenvalue weighted by molar-refractivity contribution is 0.344. The molecule has 21 heavy (non-hydrogen) atoms. The molecule has 3 rings (SSSR count). The van der Waals surface area contributed by atoms with Crippen molar-refractivity contribution in [2.24, 2.45) is 5.92 Å². The Kier molecular flexibility index (Phi) is 4.81. The smallest absolute Gasteiger partial charge is 0.128 e. The molecule has 2 aromatic rings. The number of nitrogens with one attached hydrogen (secondary N) is 1. The Balaban J connectivity index is 1.58. The van der Waals surface area contributed by atoms with E-state index in [1.54, 1.807) is 0 Å². The zero-order valence-corrected chi connectivity index (χ0v) is 13.0. The summed E-state index contributed by atoms with van der Waals surface area (Å²) in [7, 11) is 0. The fourth-order valence-corrected chi connectivity index (χ4v) is 3.39. The topological polar surface area (TPSA) is 26.2 Å². The van der Waals surface area contributed by atoms with Crippen LogP contribution >= 0.6 is 0 Å². The van der Waals surface area contributed by atoms with Gasteiger partial charge in [0.1, 0.15) is 5.75 Å². The second kappa shape index (κ2) is 6.99. The van der Waals surface area contributed by atoms with Gasteiger partial charge in [0.15, 0.2) is 0 Å². The van der Waals surface area contributed by atoms with E-state index in [0.717, 1.165) is 24.8 Å². The van der Waals surface area contributed by atoms with E-state index in [0.29, 0.717) is 6.61 Å². The summed E-state index contributed by atoms with van der Waals surface area (Å²) >= 11 is 0. The van der Waals surface area contributed by atoms with Crippen LogP contribution in [0.2, 0.25) is 0 Å². The number of rotatable bonds is 7. The monoisotopic (exact) mass is 286 g/mol. The minimum Gasteiger partial charge on any atom is -0.493 e. The fraction of sp³-hybridized carbons (Fsp3) is 0.556. The van der Waals surface area contributed by atoms with Gasteiger partial charge in [-0.2, -0.15) is 0 Å². The van der Waals surface area contributed by atoms with Gasteiger partial charge < -0.3 is 14.6 Å². The molecule has 0 bridgehead atoms. The van der Waals surface area contributed by atoms with Crippen LogP contribution in [0.3, 0.4) is 0 Å². The highest BCUT2D eigenvalue weighted by Gasteiger charge is 2.14. The van der Waals surface area contributed by atoms with Gasteiger partial charge in [0.2, 0.25) is 0 Å². The third kappa shape index (κ3) is 3.41. The average molecular weight is 286 g/mol. The van der Waals surface area contributed by atoms with Gasteiger partial charge >= 0.3 is 0 Å². The van der Waals surface area contributed by atoms with E-state index >= 15 is 0 Å². The standard InChI is InChI=1S/C18H26N2O/c1-2-21-18-9-5-8-17-16(18)10-12-20(17)13-11-19-14-15-6-3-4-7-15/h5,8-10,12,15,19H,2-4,6-7,11,13-14H2,1H3. The van der Waals surface area contributed by atoms with Crippen molar-refractivity contribution in [3.8, 4) is 5.75 Å². The van der Waals surface area contributed by atoms with Crippen LogP contribution in [0.25, 0.3) is 10.9 Å². The number of fused-ring (bicyclic) bond motifs is 1. The summed E-state index contributed by atoms with van der Waals surface area (Å²) < 4.78 is 8.02. The second-order valence-corrected chi connectivity index (χ2v) is 5.99. The van der Waals surface area contributed by atoms with Crippen LogP contribution < -0.4 is 10.1 Å². The molecule has 0 amide bonds. The van der Waals surface area contributed by atoms with Crippen LogP contribution in [0.5, 0.6) is 5.75 Å². The Morgan fingerprint density at radius 1 is 1.24 bits per heavy atom. The molecule has 0 atom stereocenters. The van der Waals surface area contributed by atoms with Crippen LogP contribution in [0.1, 0.15) is 32.6 Å². The lowest BCUT2D eigenvalue weighted by Crippen LogP contribution is -2.25. The zero-order chi connectivity index (χ0) is 14.5. The van der Waals surface area contributed by atoms with E-state index < -0.39 is 0 Å². The maximum absolute atomic E-state index is 5.70. The largest absolute Gasteiger partial charge is 0.493 e. The molecule has 1 heterocycles. The molecule has 3 heteroatoms. The third-order valence-corrected chi connectivity index (χ3v) is 4.51. The van der Waals surface area contributed by atoms with Gasteiger partial charge in [-0.25, -0.2) is 0 Å². The Hall–Kier alpha value is -1.48. The van der Waals surface area contributed by atoms with Crippen molar-refractivity contribution in [1.82, 2.24) is 9.88 Å². The fourth-order valence-electron chi connectivity index (χ4n) is 3.39. The maximum atomic E-state index is 5.70. The molecule has 114 valence electrons. The first-order valence-electron chi connectivity index (χ1n) is 8.30. The minimum atomic E-state index is 0.716. The van der Waals surface area contributed by atoms with Gasteiger partial charge in [0, 0.05) is 24.7 Å². The lowest BCUT2D eigenvalue weighted by atomic mass is 10.1. The maximum Gasteiger partial charge on any atom is 0.128 e. The number of hydrogen-bond donors (Lipinski definition) is 1. The molecule has 1 fully saturated rings. The lowest BCUT2D eigenvalue weighted by Gasteiger charge is -2.12. The van der Waals surface area contributed by atoms with Gasteiger partial charge in [-0.1, -0.05) is 18.9 Å². The van der Waals surface area contributed by atoms with E-state index in [4.69, 9.17) is 4.74 Å². The Morgan fingerprint density at radius 2 is 2.10 bits per heavy atom. The molecular formula is C18H26N2O. The van der Waals surface area contributed by atoms with Crippen molar-refractivity contribution in [3.63, 3.8) is 0 Å². The number of ether oxygens (including phenoxy) is 1. The highest BCUT2D eigenvalue weighted by molar-refractivity contribution is 5.86. The van der Waals surface area contributed by atoms with Gasteiger partial charge in [-0.05, 0) is 50.4 Å². The zero-order valence-electron chi connectivity index (χ0n) is 13.0. The molecule has 0 saturated heterocycles. The summed E-state index contributed by atoms with van der Waals surface area (Å²) in [4.78, 5) is 0. The molecule has 1 aromatic heterocycles. The Labute approximate surface area is 127 Å². The van der Waals surface area contributed by atoms with Gasteiger partial charge in [-0.15, -0.1) is 0 Å². The molecule has 0 spiro atoms. The van der Waals surface area contributed by atoms with Crippen LogP contribution in [0.15, 0.2) is 30.5 Å². The molecule has 3 nitrogen and oxygen atoms in total. The summed E-state index contributed by atoms with van der Waals surface area (Å²) in [5, 5.41) is 4.84. The molecule has 0 unspecified atom stereocenters. The molecule has 0 radical (unpaired) electrons. The van der Waals surface area contributed by atoms with Crippen molar-refractivity contribution in [1.29, 1.82) is 0 Å². The molecule has 0 aliphatic heterocycles. The highest BCUT2D eigenvalue weighted by Crippen LogP contribution is 2.26. The van der Waals surface area contributed by atoms with E-state index in [2.05, 4.69) is 40.3 Å². The van der Waals surface area contributed by atoms with Crippen LogP contribution in [0.4, 0.5) is 0 Å². The van der Waals surface area contributed by atoms with Crippen molar-refractivity contribution < 1.29 is 4.74 Å². The SMILES string of the molecule is CCOc1cccc2c1ccn2CCNCC1CCCC1. The number of hydrogen-bond acceptors (Lipinski definition) is 2. The van der Waals surface area contributed by atoms with Crippen molar-refractivity contribution in [3.05, 3.63) is 30.5 Å². The molecule has 1 aromatic carbocycles. The normalized spacial score (nSPS) is 15.9. The molecular weight excluding hydrogens is 260 g/mol. The molecule has 1 aliphatic rings. The van der Waals surface area contributed by atoms with Crippen LogP contribution in [-0.4, -0.2) is 24.3 Å². The summed E-state index contributed by atoms with van der Waals surface area (Å²) in [6.07, 6.45) is 7.85. The quantitative estimate of drug-likeness (QED) is 0.783. The van der Waals surface area contributed by atoms with E-state index in [1.165, 1.54) is 43.1 Å². The number of nitrogens with zero attached hydrogens (tertiary/aromatic N) is 1. The van der Waals surface area contributed by atoms with Crippen molar-refractivity contribution in [2.75, 3.05) is 19.7 Å². The first-order valence-corrected chi connectivity index (χ1v) is 8.30. The van der Waals surface area contributed by atoms with E-state index in [9.17, 15) is 0 Å². The molecule has 1 N–H and O–H groups in total. The Morgan fingerprint density at radius 3 is 2.90 bits per heavy atom. The Bertz CT molecular complexity index is 570. The van der Waals surface area contributed by atoms with Crippen molar-refractivity contribution >= 4 is 10.9 Å². The van der Waals surface area contributed by atoms with E-state index in [1.807, 2.05) is 6.92 Å². The minimum absolute atomic E-state index is 0.716. The summed E-state index contributed by atoms with van der Waals surface area (Å²) in [6.45, 7) is 5.99. The molecule has 1 saturated carbocycles. The van der Waals surface area contributed by atoms with Crippen molar-refractivity contribution in [2.45, 2.75) is 39.2 Å². The third-order valence-electron chi connectivity index (χ3n) is 4.51. The predicted octanol–water partition coefficient (Wildman–Crippen LogP) is 3.82. The summed E-state index contributed by atoms with van der Waals surface area (Å²) in [5.41, 5.74) is 1.27. The number of aromatic nitrogens is 1. The predicted molar refractivity (Wildman–Crippen MR) is 87.9 cm³/mol. The average Bonchev–Trinajstić information content (AvgIpc) is 3.14. The summed E-state index contributed by atoms with van der Waals surface area (Å²) in [6, 6.07) is 8.47. The van der Waals surface area contributed by atoms with Crippen LogP contribution in [0, 0.1) is 5.92 Å². The number of benzene rings is 1. The van der Waals surface area contributed by atoms with E-state index in [-0.39, 0.29) is 0 Å². The van der Waals surface area contributed by atoms with Gasteiger partial charge in [0.25, 0.3) is 0 Å².